The number of nitrogens with zero attached hydrogens (tertiary/aromatic N) is 1. The molecule has 0 atom stereocenters. The minimum atomic E-state index is -3.65. The summed E-state index contributed by atoms with van der Waals surface area (Å²) in [5.41, 5.74) is 5.17. The van der Waals surface area contributed by atoms with Crippen molar-refractivity contribution in [1.82, 2.24) is 14.9 Å². The van der Waals surface area contributed by atoms with Crippen LogP contribution in [0, 0.1) is 13.8 Å². The van der Waals surface area contributed by atoms with E-state index in [1.807, 2.05) is 0 Å². The fourth-order valence-corrected chi connectivity index (χ4v) is 4.43. The Kier molecular flexibility index (Phi) is 8.43. The highest BCUT2D eigenvalue weighted by Gasteiger charge is 2.19. The van der Waals surface area contributed by atoms with E-state index in [9.17, 15) is 18.0 Å². The first-order chi connectivity index (χ1) is 15.2. The average Bonchev–Trinajstić information content (AvgIpc) is 2.73. The van der Waals surface area contributed by atoms with Crippen molar-refractivity contribution in [2.75, 3.05) is 27.2 Å². The molecule has 0 aliphatic heterocycles. The Bertz CT molecular complexity index is 1110. The maximum atomic E-state index is 12.4. The van der Waals surface area contributed by atoms with E-state index in [0.29, 0.717) is 13.0 Å². The van der Waals surface area contributed by atoms with Gasteiger partial charge in [-0.3, -0.25) is 9.59 Å². The van der Waals surface area contributed by atoms with Crippen LogP contribution in [0.25, 0.3) is 0 Å². The van der Waals surface area contributed by atoms with E-state index >= 15 is 0 Å². The summed E-state index contributed by atoms with van der Waals surface area (Å²) in [6.45, 7) is 11.0. The van der Waals surface area contributed by atoms with Crippen LogP contribution in [-0.4, -0.2) is 51.7 Å². The minimum Gasteiger partial charge on any atom is -0.354 e. The largest absolute Gasteiger partial charge is 0.354 e. The Morgan fingerprint density at radius 3 is 2.12 bits per heavy atom. The highest BCUT2D eigenvalue weighted by Crippen LogP contribution is 2.27. The predicted octanol–water partition coefficient (Wildman–Crippen LogP) is 2.94. The molecule has 0 aliphatic rings. The Morgan fingerprint density at radius 1 is 0.970 bits per heavy atom. The van der Waals surface area contributed by atoms with Crippen LogP contribution < -0.4 is 10.6 Å². The lowest BCUT2D eigenvalue weighted by atomic mass is 9.83. The number of rotatable bonds is 8. The van der Waals surface area contributed by atoms with Gasteiger partial charge in [0.25, 0.3) is 5.91 Å². The van der Waals surface area contributed by atoms with Gasteiger partial charge in [0.05, 0.1) is 11.4 Å². The molecule has 0 unspecified atom stereocenters. The SMILES string of the molecule is Cc1cc(C(C)(C)C)cc(C)c1CCNC(=O)CNC(=O)c1cccc(S(=O)(=O)N(C)C)c1. The fourth-order valence-electron chi connectivity index (χ4n) is 3.48. The highest BCUT2D eigenvalue weighted by molar-refractivity contribution is 7.89. The first-order valence-electron chi connectivity index (χ1n) is 10.9. The lowest BCUT2D eigenvalue weighted by Crippen LogP contribution is -2.37. The van der Waals surface area contributed by atoms with Crippen molar-refractivity contribution >= 4 is 21.8 Å². The Labute approximate surface area is 197 Å². The third-order valence-electron chi connectivity index (χ3n) is 5.54. The molecular weight excluding hydrogens is 438 g/mol. The highest BCUT2D eigenvalue weighted by atomic mass is 32.2. The van der Waals surface area contributed by atoms with Gasteiger partial charge in [-0.15, -0.1) is 0 Å². The number of sulfonamides is 1. The second-order valence-corrected chi connectivity index (χ2v) is 11.6. The van der Waals surface area contributed by atoms with E-state index in [0.717, 1.165) is 4.31 Å². The van der Waals surface area contributed by atoms with Crippen molar-refractivity contribution in [3.05, 3.63) is 64.2 Å². The number of amides is 2. The topological polar surface area (TPSA) is 95.6 Å². The van der Waals surface area contributed by atoms with Crippen LogP contribution in [0.4, 0.5) is 0 Å². The van der Waals surface area contributed by atoms with Crippen LogP contribution in [-0.2, 0) is 26.7 Å². The Balaban J connectivity index is 1.91. The lowest BCUT2D eigenvalue weighted by molar-refractivity contribution is -0.120. The normalized spacial score (nSPS) is 12.0. The van der Waals surface area contributed by atoms with Crippen LogP contribution in [0.3, 0.4) is 0 Å². The summed E-state index contributed by atoms with van der Waals surface area (Å²) in [5.74, 6) is -0.813. The summed E-state index contributed by atoms with van der Waals surface area (Å²) in [6, 6.07) is 10.1. The molecule has 0 heterocycles. The molecular formula is C25H35N3O4S. The maximum absolute atomic E-state index is 12.4. The molecule has 8 heteroatoms. The summed E-state index contributed by atoms with van der Waals surface area (Å²) in [5, 5.41) is 5.37. The number of carbonyl (C=O) groups excluding carboxylic acids is 2. The van der Waals surface area contributed by atoms with Crippen molar-refractivity contribution in [3.63, 3.8) is 0 Å². The third kappa shape index (κ3) is 6.88. The molecule has 180 valence electrons. The zero-order valence-corrected chi connectivity index (χ0v) is 21.4. The summed E-state index contributed by atoms with van der Waals surface area (Å²) < 4.78 is 25.6. The van der Waals surface area contributed by atoms with Crippen molar-refractivity contribution in [2.24, 2.45) is 0 Å². The van der Waals surface area contributed by atoms with E-state index in [2.05, 4.69) is 57.4 Å². The quantitative estimate of drug-likeness (QED) is 0.616. The number of aryl methyl sites for hydroxylation is 2. The van der Waals surface area contributed by atoms with Gasteiger partial charge in [-0.2, -0.15) is 0 Å². The van der Waals surface area contributed by atoms with Gasteiger partial charge in [0.2, 0.25) is 15.9 Å². The third-order valence-corrected chi connectivity index (χ3v) is 7.35. The standard InChI is InChI=1S/C25H35N3O4S/c1-17-13-20(25(3,4)5)14-18(2)22(17)11-12-26-23(29)16-27-24(30)19-9-8-10-21(15-19)33(31,32)28(6)7/h8-10,13-15H,11-12,16H2,1-7H3,(H,26,29)(H,27,30). The molecule has 0 saturated heterocycles. The second-order valence-electron chi connectivity index (χ2n) is 9.44. The van der Waals surface area contributed by atoms with Crippen LogP contribution >= 0.6 is 0 Å². The van der Waals surface area contributed by atoms with Crippen LogP contribution in [0.1, 0.15) is 53.4 Å². The smallest absolute Gasteiger partial charge is 0.251 e. The van der Waals surface area contributed by atoms with Gasteiger partial charge < -0.3 is 10.6 Å². The molecule has 0 fully saturated rings. The predicted molar refractivity (Wildman–Crippen MR) is 131 cm³/mol. The molecule has 0 saturated carbocycles. The number of carbonyl (C=O) groups is 2. The van der Waals surface area contributed by atoms with Gasteiger partial charge in [0.1, 0.15) is 0 Å². The van der Waals surface area contributed by atoms with Crippen LogP contribution in [0.2, 0.25) is 0 Å². The summed E-state index contributed by atoms with van der Waals surface area (Å²) in [7, 11) is -0.797. The van der Waals surface area contributed by atoms with E-state index < -0.39 is 15.9 Å². The molecule has 2 aromatic carbocycles. The van der Waals surface area contributed by atoms with Crippen molar-refractivity contribution in [3.8, 4) is 0 Å². The number of hydrogen-bond donors (Lipinski definition) is 2. The van der Waals surface area contributed by atoms with E-state index in [1.54, 1.807) is 0 Å². The van der Waals surface area contributed by atoms with Gasteiger partial charge in [0.15, 0.2) is 0 Å². The first kappa shape index (κ1) is 26.5. The zero-order chi connectivity index (χ0) is 25.0. The summed E-state index contributed by atoms with van der Waals surface area (Å²) in [6.07, 6.45) is 0.701. The molecule has 2 amide bonds. The lowest BCUT2D eigenvalue weighted by Gasteiger charge is -2.22. The molecule has 0 aromatic heterocycles. The Hall–Kier alpha value is -2.71. The molecule has 2 N–H and O–H groups in total. The summed E-state index contributed by atoms with van der Waals surface area (Å²) >= 11 is 0. The monoisotopic (exact) mass is 473 g/mol. The number of hydrogen-bond acceptors (Lipinski definition) is 4. The molecule has 0 spiro atoms. The van der Waals surface area contributed by atoms with Gasteiger partial charge >= 0.3 is 0 Å². The molecule has 2 aromatic rings. The molecule has 0 radical (unpaired) electrons. The fraction of sp³-hybridized carbons (Fsp3) is 0.440. The zero-order valence-electron chi connectivity index (χ0n) is 20.6. The van der Waals surface area contributed by atoms with Gasteiger partial charge in [-0.05, 0) is 66.1 Å². The van der Waals surface area contributed by atoms with Crippen molar-refractivity contribution in [2.45, 2.75) is 51.3 Å². The molecule has 0 bridgehead atoms. The average molecular weight is 474 g/mol. The van der Waals surface area contributed by atoms with E-state index in [4.69, 9.17) is 0 Å². The molecule has 0 aliphatic carbocycles. The maximum Gasteiger partial charge on any atom is 0.251 e. The van der Waals surface area contributed by atoms with Gasteiger partial charge in [0, 0.05) is 26.2 Å². The van der Waals surface area contributed by atoms with Crippen molar-refractivity contribution in [1.29, 1.82) is 0 Å². The van der Waals surface area contributed by atoms with E-state index in [-0.39, 0.29) is 28.3 Å². The van der Waals surface area contributed by atoms with Crippen molar-refractivity contribution < 1.29 is 18.0 Å². The molecule has 7 nitrogen and oxygen atoms in total. The molecule has 2 rings (SSSR count). The molecule has 33 heavy (non-hydrogen) atoms. The Morgan fingerprint density at radius 2 is 1.58 bits per heavy atom. The van der Waals surface area contributed by atoms with E-state index in [1.165, 1.54) is 60.6 Å². The van der Waals surface area contributed by atoms with Gasteiger partial charge in [-0.1, -0.05) is 39.0 Å². The number of nitrogens with one attached hydrogen (secondary N) is 2. The minimum absolute atomic E-state index is 0.0211. The second kappa shape index (κ2) is 10.5. The van der Waals surface area contributed by atoms with Crippen LogP contribution in [0.15, 0.2) is 41.3 Å². The van der Waals surface area contributed by atoms with Gasteiger partial charge in [-0.25, -0.2) is 12.7 Å². The number of benzene rings is 2. The van der Waals surface area contributed by atoms with Crippen LogP contribution in [0.5, 0.6) is 0 Å². The first-order valence-corrected chi connectivity index (χ1v) is 12.4. The summed E-state index contributed by atoms with van der Waals surface area (Å²) in [4.78, 5) is 24.6.